The Kier molecular flexibility index (Phi) is 4.06. The first kappa shape index (κ1) is 13.0. The van der Waals surface area contributed by atoms with Gasteiger partial charge in [0.25, 0.3) is 0 Å². The number of methoxy groups -OCH3 is 1. The van der Waals surface area contributed by atoms with Crippen molar-refractivity contribution < 1.29 is 24.7 Å². The highest BCUT2D eigenvalue weighted by molar-refractivity contribution is 5.83. The van der Waals surface area contributed by atoms with Crippen LogP contribution < -0.4 is 0 Å². The van der Waals surface area contributed by atoms with Crippen LogP contribution in [0.5, 0.6) is 0 Å². The maximum absolute atomic E-state index is 10.7. The van der Waals surface area contributed by atoms with E-state index in [1.807, 2.05) is 0 Å². The quantitative estimate of drug-likeness (QED) is 0.475. The van der Waals surface area contributed by atoms with Crippen molar-refractivity contribution >= 4 is 11.9 Å². The highest BCUT2D eigenvalue weighted by Gasteiger charge is 2.27. The monoisotopic (exact) mass is 246 g/mol. The zero-order chi connectivity index (χ0) is 13.0. The number of aliphatic hydroxyl groups excluding tert-OH is 1. The van der Waals surface area contributed by atoms with Gasteiger partial charge in [-0.25, -0.2) is 4.79 Å². The lowest BCUT2D eigenvalue weighted by molar-refractivity contribution is -0.394. The zero-order valence-electron chi connectivity index (χ0n) is 8.81. The van der Waals surface area contributed by atoms with E-state index >= 15 is 0 Å². The van der Waals surface area contributed by atoms with Crippen LogP contribution in [-0.4, -0.2) is 55.7 Å². The number of aromatic carboxylic acids is 1. The third kappa shape index (κ3) is 3.19. The van der Waals surface area contributed by atoms with Gasteiger partial charge in [0.1, 0.15) is 0 Å². The normalized spacial score (nSPS) is 12.4. The molecule has 0 aliphatic rings. The molecule has 0 aliphatic heterocycles. The van der Waals surface area contributed by atoms with Crippen molar-refractivity contribution in [1.29, 1.82) is 0 Å². The van der Waals surface area contributed by atoms with Crippen LogP contribution in [0.15, 0.2) is 0 Å². The fourth-order valence-corrected chi connectivity index (χ4v) is 1.14. The summed E-state index contributed by atoms with van der Waals surface area (Å²) >= 11 is 0. The molecule has 1 rings (SSSR count). The number of carboxylic acid groups (broad SMARTS) is 1. The predicted molar refractivity (Wildman–Crippen MR) is 51.5 cm³/mol. The second-order valence-electron chi connectivity index (χ2n) is 3.09. The standard InChI is InChI=1S/C7H10N4O6/c1-17-3-4(12)2-10-5(6(13)14)8-7(9-10)11(15)16/h4,12H,2-3H2,1H3,(H,13,14). The summed E-state index contributed by atoms with van der Waals surface area (Å²) in [5.74, 6) is -2.89. The van der Waals surface area contributed by atoms with Crippen molar-refractivity contribution in [3.63, 3.8) is 0 Å². The van der Waals surface area contributed by atoms with Crippen LogP contribution in [0.2, 0.25) is 0 Å². The van der Waals surface area contributed by atoms with Crippen LogP contribution in [0.1, 0.15) is 10.6 Å². The Labute approximate surface area is 94.6 Å². The number of hydrogen-bond acceptors (Lipinski definition) is 7. The van der Waals surface area contributed by atoms with Crippen molar-refractivity contribution in [1.82, 2.24) is 14.8 Å². The summed E-state index contributed by atoms with van der Waals surface area (Å²) in [4.78, 5) is 23.4. The highest BCUT2D eigenvalue weighted by atomic mass is 16.6. The molecule has 0 aromatic carbocycles. The first-order valence-electron chi connectivity index (χ1n) is 4.45. The lowest BCUT2D eigenvalue weighted by Crippen LogP contribution is -2.24. The smallest absolute Gasteiger partial charge is 0.474 e. The van der Waals surface area contributed by atoms with Crippen LogP contribution >= 0.6 is 0 Å². The summed E-state index contributed by atoms with van der Waals surface area (Å²) < 4.78 is 5.39. The summed E-state index contributed by atoms with van der Waals surface area (Å²) in [7, 11) is 1.35. The summed E-state index contributed by atoms with van der Waals surface area (Å²) in [5, 5.41) is 31.9. The van der Waals surface area contributed by atoms with E-state index in [2.05, 4.69) is 14.8 Å². The van der Waals surface area contributed by atoms with Crippen LogP contribution in [0, 0.1) is 10.1 Å². The fraction of sp³-hybridized carbons (Fsp3) is 0.571. The number of hydrogen-bond donors (Lipinski definition) is 2. The van der Waals surface area contributed by atoms with Gasteiger partial charge in [-0.15, -0.1) is 0 Å². The van der Waals surface area contributed by atoms with Crippen LogP contribution in [0.4, 0.5) is 5.95 Å². The van der Waals surface area contributed by atoms with Gasteiger partial charge in [-0.05, 0) is 9.91 Å². The van der Waals surface area contributed by atoms with E-state index in [-0.39, 0.29) is 13.2 Å². The molecule has 17 heavy (non-hydrogen) atoms. The van der Waals surface area contributed by atoms with E-state index < -0.39 is 28.8 Å². The molecule has 0 bridgehead atoms. The maximum Gasteiger partial charge on any atom is 0.491 e. The summed E-state index contributed by atoms with van der Waals surface area (Å²) in [6.07, 6.45) is -1.03. The Balaban J connectivity index is 2.96. The molecule has 10 heteroatoms. The lowest BCUT2D eigenvalue weighted by atomic mass is 10.4. The third-order valence-electron chi connectivity index (χ3n) is 1.76. The first-order chi connectivity index (χ1) is 7.95. The summed E-state index contributed by atoms with van der Waals surface area (Å²) in [5.41, 5.74) is 0. The minimum absolute atomic E-state index is 0.0489. The lowest BCUT2D eigenvalue weighted by Gasteiger charge is -2.06. The predicted octanol–water partition coefficient (Wildman–Crippen LogP) is -1.11. The molecule has 1 aromatic heterocycles. The number of carboxylic acids is 1. The Morgan fingerprint density at radius 1 is 1.71 bits per heavy atom. The number of aromatic nitrogens is 3. The van der Waals surface area contributed by atoms with E-state index in [9.17, 15) is 20.0 Å². The van der Waals surface area contributed by atoms with Gasteiger partial charge >= 0.3 is 17.7 Å². The van der Waals surface area contributed by atoms with Gasteiger partial charge in [0.2, 0.25) is 0 Å². The Hall–Kier alpha value is -2.07. The number of nitrogens with zero attached hydrogens (tertiary/aromatic N) is 4. The highest BCUT2D eigenvalue weighted by Crippen LogP contribution is 2.07. The van der Waals surface area contributed by atoms with E-state index in [1.54, 1.807) is 0 Å². The second-order valence-corrected chi connectivity index (χ2v) is 3.09. The van der Waals surface area contributed by atoms with E-state index in [4.69, 9.17) is 5.11 Å². The second kappa shape index (κ2) is 5.32. The maximum atomic E-state index is 10.7. The number of nitro groups is 1. The molecule has 0 amide bonds. The van der Waals surface area contributed by atoms with E-state index in [1.165, 1.54) is 7.11 Å². The van der Waals surface area contributed by atoms with Gasteiger partial charge in [-0.1, -0.05) is 0 Å². The van der Waals surface area contributed by atoms with Gasteiger partial charge in [-0.3, -0.25) is 0 Å². The number of carbonyl (C=O) groups is 1. The molecule has 0 aliphatic carbocycles. The van der Waals surface area contributed by atoms with Crippen LogP contribution in [-0.2, 0) is 11.3 Å². The summed E-state index contributed by atoms with van der Waals surface area (Å²) in [6, 6.07) is 0. The zero-order valence-corrected chi connectivity index (χ0v) is 8.81. The van der Waals surface area contributed by atoms with Gasteiger partial charge in [0.05, 0.1) is 19.3 Å². The van der Waals surface area contributed by atoms with Crippen molar-refractivity contribution in [3.8, 4) is 0 Å². The topological polar surface area (TPSA) is 141 Å². The Morgan fingerprint density at radius 3 is 2.82 bits per heavy atom. The molecular formula is C7H10N4O6. The Morgan fingerprint density at radius 2 is 2.35 bits per heavy atom. The average Bonchev–Trinajstić information content (AvgIpc) is 2.62. The molecule has 0 saturated carbocycles. The van der Waals surface area contributed by atoms with Crippen molar-refractivity contribution in [2.75, 3.05) is 13.7 Å². The third-order valence-corrected chi connectivity index (χ3v) is 1.76. The molecule has 1 unspecified atom stereocenters. The first-order valence-corrected chi connectivity index (χ1v) is 4.45. The van der Waals surface area contributed by atoms with E-state index in [0.717, 1.165) is 4.68 Å². The molecular weight excluding hydrogens is 236 g/mol. The van der Waals surface area contributed by atoms with Gasteiger partial charge in [-0.2, -0.15) is 4.68 Å². The molecule has 0 saturated heterocycles. The van der Waals surface area contributed by atoms with Crippen molar-refractivity contribution in [2.24, 2.45) is 0 Å². The molecule has 1 atom stereocenters. The molecule has 2 N–H and O–H groups in total. The minimum atomic E-state index is -1.46. The van der Waals surface area contributed by atoms with Crippen LogP contribution in [0.25, 0.3) is 0 Å². The molecule has 94 valence electrons. The molecule has 0 spiro atoms. The average molecular weight is 246 g/mol. The van der Waals surface area contributed by atoms with E-state index in [0.29, 0.717) is 0 Å². The Bertz CT molecular complexity index is 430. The molecule has 10 nitrogen and oxygen atoms in total. The van der Waals surface area contributed by atoms with Gasteiger partial charge in [0, 0.05) is 12.2 Å². The number of rotatable bonds is 6. The molecule has 0 fully saturated rings. The van der Waals surface area contributed by atoms with Gasteiger partial charge < -0.3 is 25.1 Å². The summed E-state index contributed by atoms with van der Waals surface area (Å²) in [6.45, 7) is -0.303. The van der Waals surface area contributed by atoms with Crippen molar-refractivity contribution in [2.45, 2.75) is 12.6 Å². The largest absolute Gasteiger partial charge is 0.491 e. The molecule has 0 radical (unpaired) electrons. The van der Waals surface area contributed by atoms with Crippen LogP contribution in [0.3, 0.4) is 0 Å². The molecule has 1 aromatic rings. The number of ether oxygens (including phenoxy) is 1. The molecule has 1 heterocycles. The SMILES string of the molecule is COCC(O)Cn1nc([N+](=O)[O-])nc1C(=O)O. The van der Waals surface area contributed by atoms with Gasteiger partial charge in [0.15, 0.2) is 0 Å². The van der Waals surface area contributed by atoms with Crippen molar-refractivity contribution in [3.05, 3.63) is 15.9 Å². The fourth-order valence-electron chi connectivity index (χ4n) is 1.14. The minimum Gasteiger partial charge on any atom is -0.474 e. The number of aliphatic hydroxyl groups is 1.